The molecule has 0 bridgehead atoms. The van der Waals surface area contributed by atoms with Gasteiger partial charge < -0.3 is 14.8 Å². The molecule has 8 heteroatoms. The van der Waals surface area contributed by atoms with Crippen LogP contribution in [-0.4, -0.2) is 18.2 Å². The maximum atomic E-state index is 13.0. The lowest BCUT2D eigenvalue weighted by atomic mass is 10.2. The molecule has 1 saturated heterocycles. The number of halogens is 2. The second kappa shape index (κ2) is 9.89. The molecular formula is C24H18ClFN2O3S. The van der Waals surface area contributed by atoms with Gasteiger partial charge in [0, 0.05) is 5.02 Å². The van der Waals surface area contributed by atoms with E-state index in [1.807, 2.05) is 30.3 Å². The van der Waals surface area contributed by atoms with Crippen LogP contribution in [0.25, 0.3) is 6.08 Å². The molecule has 1 aliphatic rings. The van der Waals surface area contributed by atoms with Gasteiger partial charge in [0.25, 0.3) is 5.91 Å². The van der Waals surface area contributed by atoms with E-state index in [1.54, 1.807) is 37.5 Å². The normalized spacial score (nSPS) is 15.8. The summed E-state index contributed by atoms with van der Waals surface area (Å²) in [5.41, 5.74) is 2.32. The Bertz CT molecular complexity index is 1190. The third-order valence-corrected chi connectivity index (χ3v) is 5.66. The Kier molecular flexibility index (Phi) is 6.78. The van der Waals surface area contributed by atoms with Gasteiger partial charge in [0.15, 0.2) is 16.7 Å². The van der Waals surface area contributed by atoms with E-state index in [0.717, 1.165) is 11.1 Å². The largest absolute Gasteiger partial charge is 0.493 e. The smallest absolute Gasteiger partial charge is 0.264 e. The molecule has 3 aromatic rings. The zero-order valence-corrected chi connectivity index (χ0v) is 18.5. The monoisotopic (exact) mass is 468 g/mol. The highest BCUT2D eigenvalue weighted by Crippen LogP contribution is 2.32. The number of carbonyl (C=O) groups is 1. The number of thioether (sulfide) groups is 1. The molecule has 0 saturated carbocycles. The number of ether oxygens (including phenoxy) is 2. The third kappa shape index (κ3) is 5.49. The maximum absolute atomic E-state index is 13.0. The Hall–Kier alpha value is -3.29. The van der Waals surface area contributed by atoms with Gasteiger partial charge >= 0.3 is 0 Å². The van der Waals surface area contributed by atoms with Crippen molar-refractivity contribution < 1.29 is 18.7 Å². The molecule has 0 aromatic heterocycles. The molecule has 0 unspecified atom stereocenters. The number of nitrogens with one attached hydrogen (secondary N) is 1. The first-order valence-corrected chi connectivity index (χ1v) is 10.8. The van der Waals surface area contributed by atoms with Crippen molar-refractivity contribution in [3.05, 3.63) is 93.6 Å². The van der Waals surface area contributed by atoms with Gasteiger partial charge in [-0.15, -0.1) is 0 Å². The van der Waals surface area contributed by atoms with Crippen molar-refractivity contribution in [3.8, 4) is 11.5 Å². The number of aliphatic imine (C=N–C) groups is 1. The number of amidine groups is 1. The predicted molar refractivity (Wildman–Crippen MR) is 126 cm³/mol. The number of rotatable bonds is 6. The molecule has 1 N–H and O–H groups in total. The Balaban J connectivity index is 1.47. The van der Waals surface area contributed by atoms with Gasteiger partial charge in [-0.1, -0.05) is 29.8 Å². The van der Waals surface area contributed by atoms with E-state index in [1.165, 1.54) is 23.9 Å². The first-order valence-electron chi connectivity index (χ1n) is 9.60. The lowest BCUT2D eigenvalue weighted by Crippen LogP contribution is -2.19. The summed E-state index contributed by atoms with van der Waals surface area (Å²) >= 11 is 7.12. The summed E-state index contributed by atoms with van der Waals surface area (Å²) in [7, 11) is 1.56. The zero-order chi connectivity index (χ0) is 22.5. The molecule has 3 aromatic carbocycles. The van der Waals surface area contributed by atoms with Gasteiger partial charge in [0.1, 0.15) is 12.4 Å². The van der Waals surface area contributed by atoms with E-state index in [0.29, 0.717) is 38.9 Å². The van der Waals surface area contributed by atoms with E-state index >= 15 is 0 Å². The van der Waals surface area contributed by atoms with Crippen LogP contribution in [0.4, 0.5) is 10.1 Å². The molecule has 1 heterocycles. The molecule has 0 aliphatic carbocycles. The molecule has 162 valence electrons. The minimum Gasteiger partial charge on any atom is -0.493 e. The fourth-order valence-electron chi connectivity index (χ4n) is 2.90. The van der Waals surface area contributed by atoms with Crippen LogP contribution in [0.2, 0.25) is 5.02 Å². The van der Waals surface area contributed by atoms with E-state index < -0.39 is 0 Å². The van der Waals surface area contributed by atoms with Gasteiger partial charge in [-0.2, -0.15) is 0 Å². The molecule has 5 nitrogen and oxygen atoms in total. The van der Waals surface area contributed by atoms with Crippen LogP contribution in [0.1, 0.15) is 11.1 Å². The van der Waals surface area contributed by atoms with E-state index in [9.17, 15) is 9.18 Å². The second-order valence-corrected chi connectivity index (χ2v) is 8.25. The van der Waals surface area contributed by atoms with Crippen LogP contribution in [0.15, 0.2) is 76.6 Å². The second-order valence-electron chi connectivity index (χ2n) is 6.78. The van der Waals surface area contributed by atoms with Gasteiger partial charge in [-0.05, 0) is 77.5 Å². The summed E-state index contributed by atoms with van der Waals surface area (Å²) in [5.74, 6) is 0.550. The highest BCUT2D eigenvalue weighted by Gasteiger charge is 2.24. The molecule has 1 fully saturated rings. The Morgan fingerprint density at radius 2 is 1.81 bits per heavy atom. The first kappa shape index (κ1) is 21.9. The third-order valence-electron chi connectivity index (χ3n) is 4.50. The van der Waals surface area contributed by atoms with Crippen LogP contribution in [-0.2, 0) is 11.4 Å². The molecule has 32 heavy (non-hydrogen) atoms. The number of hydrogen-bond donors (Lipinski definition) is 1. The van der Waals surface area contributed by atoms with E-state index in [4.69, 9.17) is 21.1 Å². The Morgan fingerprint density at radius 1 is 1.06 bits per heavy atom. The number of nitrogens with zero attached hydrogens (tertiary/aromatic N) is 1. The van der Waals surface area contributed by atoms with Crippen molar-refractivity contribution in [2.24, 2.45) is 4.99 Å². The molecule has 0 radical (unpaired) electrons. The van der Waals surface area contributed by atoms with Crippen molar-refractivity contribution in [1.82, 2.24) is 5.32 Å². The first-order chi connectivity index (χ1) is 15.5. The van der Waals surface area contributed by atoms with Crippen molar-refractivity contribution in [2.75, 3.05) is 7.11 Å². The lowest BCUT2D eigenvalue weighted by Gasteiger charge is -2.11. The quantitative estimate of drug-likeness (QED) is 0.453. The van der Waals surface area contributed by atoms with Gasteiger partial charge in [-0.25, -0.2) is 9.38 Å². The van der Waals surface area contributed by atoms with E-state index in [2.05, 4.69) is 10.3 Å². The summed E-state index contributed by atoms with van der Waals surface area (Å²) in [6.07, 6.45) is 1.75. The van der Waals surface area contributed by atoms with E-state index in [-0.39, 0.29) is 11.7 Å². The van der Waals surface area contributed by atoms with Crippen LogP contribution in [0.5, 0.6) is 11.5 Å². The van der Waals surface area contributed by atoms with Gasteiger partial charge in [-0.3, -0.25) is 4.79 Å². The topological polar surface area (TPSA) is 59.9 Å². The minimum atomic E-state index is -0.341. The van der Waals surface area contributed by atoms with Crippen molar-refractivity contribution in [1.29, 1.82) is 0 Å². The van der Waals surface area contributed by atoms with Crippen LogP contribution in [0, 0.1) is 5.82 Å². The average molecular weight is 469 g/mol. The minimum absolute atomic E-state index is 0.252. The van der Waals surface area contributed by atoms with Crippen molar-refractivity contribution >= 4 is 46.2 Å². The Labute approximate surface area is 193 Å². The fourth-order valence-corrected chi connectivity index (χ4v) is 3.87. The number of hydrogen-bond acceptors (Lipinski definition) is 5. The van der Waals surface area contributed by atoms with Gasteiger partial charge in [0.05, 0.1) is 17.7 Å². The highest BCUT2D eigenvalue weighted by molar-refractivity contribution is 8.18. The van der Waals surface area contributed by atoms with Crippen molar-refractivity contribution in [3.63, 3.8) is 0 Å². The maximum Gasteiger partial charge on any atom is 0.264 e. The molecular weight excluding hydrogens is 451 g/mol. The molecule has 1 aliphatic heterocycles. The van der Waals surface area contributed by atoms with Crippen molar-refractivity contribution in [2.45, 2.75) is 6.61 Å². The zero-order valence-electron chi connectivity index (χ0n) is 17.0. The number of benzene rings is 3. The predicted octanol–water partition coefficient (Wildman–Crippen LogP) is 5.96. The van der Waals surface area contributed by atoms with Crippen LogP contribution >= 0.6 is 23.4 Å². The fraction of sp³-hybridized carbons (Fsp3) is 0.0833. The molecule has 4 rings (SSSR count). The average Bonchev–Trinajstić information content (AvgIpc) is 3.13. The van der Waals surface area contributed by atoms with Gasteiger partial charge in [0.2, 0.25) is 0 Å². The summed E-state index contributed by atoms with van der Waals surface area (Å²) < 4.78 is 24.4. The summed E-state index contributed by atoms with van der Waals surface area (Å²) in [4.78, 5) is 17.2. The van der Waals surface area contributed by atoms with Crippen LogP contribution < -0.4 is 14.8 Å². The number of methoxy groups -OCH3 is 1. The Morgan fingerprint density at radius 3 is 2.53 bits per heavy atom. The highest BCUT2D eigenvalue weighted by atomic mass is 35.5. The summed E-state index contributed by atoms with van der Waals surface area (Å²) in [6.45, 7) is 0.370. The lowest BCUT2D eigenvalue weighted by molar-refractivity contribution is -0.115. The number of carbonyl (C=O) groups excluding carboxylic acids is 1. The standard InChI is InChI=1S/C24H18ClFN2O3S/c1-30-21-12-16(4-11-20(21)31-14-15-2-5-17(25)6-3-15)13-22-23(29)28-24(32-22)27-19-9-7-18(26)8-10-19/h2-13H,14H2,1H3,(H,27,28,29)/b22-13-. The van der Waals surface area contributed by atoms with Crippen LogP contribution in [0.3, 0.4) is 0 Å². The summed E-state index contributed by atoms with van der Waals surface area (Å²) in [6, 6.07) is 18.6. The number of amides is 1. The molecule has 1 amide bonds. The SMILES string of the molecule is COc1cc(/C=C2\SC(=Nc3ccc(F)cc3)NC2=O)ccc1OCc1ccc(Cl)cc1. The molecule has 0 atom stereocenters. The molecule has 0 spiro atoms. The summed E-state index contributed by atoms with van der Waals surface area (Å²) in [5, 5.41) is 3.82.